The largest absolute Gasteiger partial charge is 0.533 e. The van der Waals surface area contributed by atoms with Gasteiger partial charge in [0.25, 0.3) is 0 Å². The van der Waals surface area contributed by atoms with E-state index in [0.717, 1.165) is 0 Å². The zero-order valence-electron chi connectivity index (χ0n) is 5.34. The Bertz CT molecular complexity index is 116. The molecule has 1 aliphatic rings. The summed E-state index contributed by atoms with van der Waals surface area (Å²) in [5, 5.41) is 0. The average molecular weight is 238 g/mol. The average Bonchev–Trinajstić information content (AvgIpc) is 2.08. The van der Waals surface area contributed by atoms with Crippen LogP contribution in [0.5, 0.6) is 0 Å². The first kappa shape index (κ1) is 10.8. The van der Waals surface area contributed by atoms with Crippen LogP contribution in [0.2, 0.25) is 0 Å². The van der Waals surface area contributed by atoms with Gasteiger partial charge in [-0.1, -0.05) is 0 Å². The van der Waals surface area contributed by atoms with Crippen LogP contribution in [0.4, 0.5) is 12.9 Å². The van der Waals surface area contributed by atoms with Crippen molar-refractivity contribution in [2.24, 2.45) is 0 Å². The fourth-order valence-electron chi connectivity index (χ4n) is 0.621. The van der Waals surface area contributed by atoms with Gasteiger partial charge >= 0.3 is 21.8 Å². The van der Waals surface area contributed by atoms with Gasteiger partial charge in [-0.05, 0) is 35.3 Å². The first-order chi connectivity index (χ1) is 5.46. The zero-order valence-corrected chi connectivity index (χ0v) is 7.61. The van der Waals surface area contributed by atoms with E-state index in [1.165, 1.54) is 0 Å². The van der Waals surface area contributed by atoms with E-state index >= 15 is 0 Å². The molecule has 0 spiro atoms. The lowest BCUT2D eigenvalue weighted by molar-refractivity contribution is 0.522. The van der Waals surface area contributed by atoms with Crippen LogP contribution in [0.15, 0.2) is 0 Å². The molecular formula is B3Cl3F3N3. The molecule has 0 unspecified atom stereocenters. The summed E-state index contributed by atoms with van der Waals surface area (Å²) < 4.78 is 38.0. The van der Waals surface area contributed by atoms with E-state index in [2.05, 4.69) is 0 Å². The summed E-state index contributed by atoms with van der Waals surface area (Å²) in [6, 6.07) is 0. The van der Waals surface area contributed by atoms with Gasteiger partial charge in [-0.3, -0.25) is 12.9 Å². The highest BCUT2D eigenvalue weighted by Gasteiger charge is 2.57. The molecule has 0 saturated carbocycles. The minimum Gasteiger partial charge on any atom is -0.287 e. The van der Waals surface area contributed by atoms with Crippen molar-refractivity contribution in [1.82, 2.24) is 12.7 Å². The minimum atomic E-state index is -2.27. The third-order valence-electron chi connectivity index (χ3n) is 1.22. The molecule has 0 amide bonds. The van der Waals surface area contributed by atoms with E-state index in [1.54, 1.807) is 0 Å². The maximum absolute atomic E-state index is 12.7. The molecule has 0 atom stereocenters. The lowest BCUT2D eigenvalue weighted by Gasteiger charge is -2.33. The second-order valence-electron chi connectivity index (χ2n) is 1.96. The maximum atomic E-state index is 12.7. The van der Waals surface area contributed by atoms with Crippen molar-refractivity contribution < 1.29 is 12.9 Å². The highest BCUT2D eigenvalue weighted by Crippen LogP contribution is 2.25. The van der Waals surface area contributed by atoms with Gasteiger partial charge in [-0.2, -0.15) is 0 Å². The Kier molecular flexibility index (Phi) is 3.47. The molecule has 0 aromatic rings. The molecule has 66 valence electrons. The molecule has 0 radical (unpaired) electrons. The van der Waals surface area contributed by atoms with Crippen molar-refractivity contribution in [2.75, 3.05) is 0 Å². The molecule has 1 saturated heterocycles. The predicted molar refractivity (Wildman–Crippen MR) is 43.7 cm³/mol. The van der Waals surface area contributed by atoms with Gasteiger partial charge in [0.05, 0.1) is 0 Å². The molecule has 1 heterocycles. The molecule has 12 heavy (non-hydrogen) atoms. The van der Waals surface area contributed by atoms with E-state index in [9.17, 15) is 12.9 Å². The third kappa shape index (κ3) is 1.66. The Morgan fingerprint density at radius 3 is 1.00 bits per heavy atom. The molecule has 0 bridgehead atoms. The van der Waals surface area contributed by atoms with Crippen LogP contribution in [-0.2, 0) is 0 Å². The molecule has 3 nitrogen and oxygen atoms in total. The molecule has 0 aromatic heterocycles. The number of nitrogens with zero attached hydrogens (tertiary/aromatic N) is 3. The van der Waals surface area contributed by atoms with Crippen LogP contribution in [0, 0.1) is 0 Å². The van der Waals surface area contributed by atoms with Crippen molar-refractivity contribution in [3.05, 3.63) is 0 Å². The summed E-state index contributed by atoms with van der Waals surface area (Å²) in [4.78, 5) is 0. The first-order valence-electron chi connectivity index (χ1n) is 2.71. The molecule has 0 N–H and O–H groups in total. The van der Waals surface area contributed by atoms with Crippen molar-refractivity contribution in [1.29, 1.82) is 0 Å². The maximum Gasteiger partial charge on any atom is 0.533 e. The van der Waals surface area contributed by atoms with Crippen LogP contribution in [0.3, 0.4) is 0 Å². The monoisotopic (exact) mass is 237 g/mol. The van der Waals surface area contributed by atoms with Gasteiger partial charge in [-0.25, -0.2) is 12.7 Å². The fourth-order valence-corrected chi connectivity index (χ4v) is 1.32. The number of rotatable bonds is 0. The molecule has 1 rings (SSSR count). The molecule has 1 aliphatic heterocycles. The van der Waals surface area contributed by atoms with Crippen molar-refractivity contribution in [3.63, 3.8) is 0 Å². The van der Waals surface area contributed by atoms with Crippen molar-refractivity contribution in [2.45, 2.75) is 0 Å². The van der Waals surface area contributed by atoms with Crippen molar-refractivity contribution >= 4 is 57.1 Å². The summed E-state index contributed by atoms with van der Waals surface area (Å²) in [5.41, 5.74) is 0. The Morgan fingerprint density at radius 1 is 0.667 bits per heavy atom. The topological polar surface area (TPSA) is 9.72 Å². The van der Waals surface area contributed by atoms with E-state index < -0.39 is 21.8 Å². The van der Waals surface area contributed by atoms with Gasteiger partial charge in [0, 0.05) is 0 Å². The number of halogens is 6. The van der Waals surface area contributed by atoms with Crippen LogP contribution in [-0.4, -0.2) is 34.5 Å². The molecular weight excluding hydrogens is 238 g/mol. The molecule has 12 heteroatoms. The summed E-state index contributed by atoms with van der Waals surface area (Å²) >= 11 is 15.1. The summed E-state index contributed by atoms with van der Waals surface area (Å²) in [6.07, 6.45) is 0. The summed E-state index contributed by atoms with van der Waals surface area (Å²) in [7, 11) is -6.81. The van der Waals surface area contributed by atoms with Gasteiger partial charge in [-0.15, -0.1) is 0 Å². The van der Waals surface area contributed by atoms with E-state index in [-0.39, 0.29) is 12.7 Å². The molecule has 0 aromatic carbocycles. The summed E-state index contributed by atoms with van der Waals surface area (Å²) in [6.45, 7) is 0. The molecule has 1 fully saturated rings. The quantitative estimate of drug-likeness (QED) is 0.464. The highest BCUT2D eigenvalue weighted by atomic mass is 35.5. The van der Waals surface area contributed by atoms with Crippen molar-refractivity contribution in [3.8, 4) is 0 Å². The van der Waals surface area contributed by atoms with E-state index in [1.807, 2.05) is 0 Å². The number of hydrogen-bond donors (Lipinski definition) is 0. The standard InChI is InChI=1S/B3Cl3F3N3/c4-10-1(7)11(5)3(9)12(6)2(10)8. The first-order valence-corrected chi connectivity index (χ1v) is 3.73. The predicted octanol–water partition coefficient (Wildman–Crippen LogP) is 1.23. The van der Waals surface area contributed by atoms with E-state index in [4.69, 9.17) is 35.3 Å². The lowest BCUT2D eigenvalue weighted by atomic mass is 9.76. The van der Waals surface area contributed by atoms with Crippen LogP contribution in [0.25, 0.3) is 0 Å². The Labute approximate surface area is 83.1 Å². The Morgan fingerprint density at radius 2 is 0.833 bits per heavy atom. The normalized spacial score (nSPS) is 24.0. The number of hydrogen-bond acceptors (Lipinski definition) is 3. The lowest BCUT2D eigenvalue weighted by Crippen LogP contribution is -2.66. The SMILES string of the molecule is FB1N(Cl)B(F)N(Cl)B(F)N1Cl. The zero-order chi connectivity index (χ0) is 9.46. The van der Waals surface area contributed by atoms with Gasteiger partial charge in [0.2, 0.25) is 0 Å². The fraction of sp³-hybridized carbons (Fsp3) is 0. The third-order valence-corrected chi connectivity index (χ3v) is 2.19. The second kappa shape index (κ2) is 3.85. The van der Waals surface area contributed by atoms with Crippen LogP contribution in [0.1, 0.15) is 0 Å². The van der Waals surface area contributed by atoms with Crippen LogP contribution >= 0.6 is 35.3 Å². The second-order valence-corrected chi connectivity index (χ2v) is 3.14. The Balaban J connectivity index is 2.76. The summed E-state index contributed by atoms with van der Waals surface area (Å²) in [5.74, 6) is 0. The van der Waals surface area contributed by atoms with Gasteiger partial charge in [0.1, 0.15) is 0 Å². The molecule has 0 aliphatic carbocycles. The van der Waals surface area contributed by atoms with Gasteiger partial charge < -0.3 is 0 Å². The van der Waals surface area contributed by atoms with Gasteiger partial charge in [0.15, 0.2) is 0 Å². The Hall–Kier alpha value is 0.735. The minimum absolute atomic E-state index is 0.0100. The smallest absolute Gasteiger partial charge is 0.287 e. The van der Waals surface area contributed by atoms with E-state index in [0.29, 0.717) is 0 Å². The highest BCUT2D eigenvalue weighted by molar-refractivity contribution is 6.91. The van der Waals surface area contributed by atoms with Crippen LogP contribution < -0.4 is 0 Å².